The number of carbonyl (C=O) groups is 2. The standard InChI is InChI=1S/C10H16N4O2/c1-6(2)11-10(14-9(5)16)13-7(3)12-8(4)15/h1H2,2-5H3,(H2,11,12,13,14,15,16). The Bertz CT molecular complexity index is 369. The van der Waals surface area contributed by atoms with E-state index < -0.39 is 0 Å². The van der Waals surface area contributed by atoms with Gasteiger partial charge in [0.05, 0.1) is 0 Å². The molecule has 88 valence electrons. The minimum Gasteiger partial charge on any atom is -0.315 e. The number of amides is 2. The van der Waals surface area contributed by atoms with Crippen molar-refractivity contribution in [3.63, 3.8) is 0 Å². The lowest BCUT2D eigenvalue weighted by atomic mass is 10.5. The molecule has 0 atom stereocenters. The number of hydrogen-bond donors (Lipinski definition) is 2. The molecule has 0 aliphatic heterocycles. The number of carbonyl (C=O) groups excluding carboxylic acids is 2. The van der Waals surface area contributed by atoms with Crippen LogP contribution in [0.2, 0.25) is 0 Å². The average molecular weight is 224 g/mol. The monoisotopic (exact) mass is 224 g/mol. The maximum atomic E-state index is 10.9. The first kappa shape index (κ1) is 14.0. The molecule has 0 aliphatic carbocycles. The van der Waals surface area contributed by atoms with Gasteiger partial charge < -0.3 is 5.32 Å². The molecule has 0 aromatic rings. The molecule has 0 aliphatic rings. The fourth-order valence-corrected chi connectivity index (χ4v) is 0.861. The number of rotatable bonds is 1. The number of guanidine groups is 1. The fourth-order valence-electron chi connectivity index (χ4n) is 0.861. The van der Waals surface area contributed by atoms with E-state index in [0.717, 1.165) is 0 Å². The Labute approximate surface area is 94.5 Å². The first-order valence-corrected chi connectivity index (χ1v) is 4.66. The molecular weight excluding hydrogens is 208 g/mol. The smallest absolute Gasteiger partial charge is 0.231 e. The van der Waals surface area contributed by atoms with Gasteiger partial charge in [-0.25, -0.2) is 4.99 Å². The van der Waals surface area contributed by atoms with Crippen molar-refractivity contribution < 1.29 is 9.59 Å². The van der Waals surface area contributed by atoms with Gasteiger partial charge in [-0.3, -0.25) is 14.9 Å². The Morgan fingerprint density at radius 2 is 1.44 bits per heavy atom. The van der Waals surface area contributed by atoms with E-state index in [-0.39, 0.29) is 17.8 Å². The predicted molar refractivity (Wildman–Crippen MR) is 63.0 cm³/mol. The van der Waals surface area contributed by atoms with Crippen molar-refractivity contribution in [3.05, 3.63) is 12.3 Å². The molecule has 0 aromatic carbocycles. The number of nitrogens with one attached hydrogen (secondary N) is 2. The largest absolute Gasteiger partial charge is 0.315 e. The van der Waals surface area contributed by atoms with Crippen molar-refractivity contribution in [2.75, 3.05) is 0 Å². The molecule has 16 heavy (non-hydrogen) atoms. The molecule has 0 heterocycles. The van der Waals surface area contributed by atoms with Crippen molar-refractivity contribution in [1.82, 2.24) is 10.6 Å². The minimum atomic E-state index is -0.292. The molecular formula is C10H16N4O2. The molecule has 0 fully saturated rings. The minimum absolute atomic E-state index is 0.103. The number of aliphatic imine (C=N–C) groups is 2. The lowest BCUT2D eigenvalue weighted by molar-refractivity contribution is -0.118. The van der Waals surface area contributed by atoms with Gasteiger partial charge in [-0.15, -0.1) is 0 Å². The Balaban J connectivity index is 4.84. The van der Waals surface area contributed by atoms with E-state index in [1.165, 1.54) is 13.8 Å². The van der Waals surface area contributed by atoms with Gasteiger partial charge in [0.25, 0.3) is 0 Å². The molecule has 0 saturated heterocycles. The van der Waals surface area contributed by atoms with Crippen molar-refractivity contribution >= 4 is 23.6 Å². The zero-order valence-corrected chi connectivity index (χ0v) is 9.92. The Hall–Kier alpha value is -1.98. The summed E-state index contributed by atoms with van der Waals surface area (Å²) in [6.45, 7) is 9.55. The summed E-state index contributed by atoms with van der Waals surface area (Å²) in [6.07, 6.45) is 0. The Morgan fingerprint density at radius 3 is 1.81 bits per heavy atom. The van der Waals surface area contributed by atoms with Crippen LogP contribution >= 0.6 is 0 Å². The van der Waals surface area contributed by atoms with Crippen LogP contribution < -0.4 is 10.6 Å². The molecule has 0 radical (unpaired) electrons. The summed E-state index contributed by atoms with van der Waals surface area (Å²) in [5, 5.41) is 4.90. The highest BCUT2D eigenvalue weighted by Crippen LogP contribution is 1.91. The number of allylic oxidation sites excluding steroid dienone is 1. The van der Waals surface area contributed by atoms with Crippen LogP contribution in [0.15, 0.2) is 22.3 Å². The lowest BCUT2D eigenvalue weighted by Crippen LogP contribution is -2.31. The zero-order valence-electron chi connectivity index (χ0n) is 9.92. The van der Waals surface area contributed by atoms with E-state index in [1.807, 2.05) is 0 Å². The Kier molecular flexibility index (Phi) is 5.69. The second kappa shape index (κ2) is 6.49. The second-order valence-corrected chi connectivity index (χ2v) is 3.23. The summed E-state index contributed by atoms with van der Waals surface area (Å²) in [5.41, 5.74) is 0.503. The molecule has 6 heteroatoms. The lowest BCUT2D eigenvalue weighted by Gasteiger charge is -2.04. The van der Waals surface area contributed by atoms with Crippen molar-refractivity contribution in [2.24, 2.45) is 9.98 Å². The molecule has 0 aromatic heterocycles. The van der Waals surface area contributed by atoms with Crippen LogP contribution in [0, 0.1) is 0 Å². The summed E-state index contributed by atoms with van der Waals surface area (Å²) in [6, 6.07) is 0. The molecule has 0 saturated carbocycles. The second-order valence-electron chi connectivity index (χ2n) is 3.23. The van der Waals surface area contributed by atoms with Gasteiger partial charge in [0, 0.05) is 19.5 Å². The third-order valence-electron chi connectivity index (χ3n) is 1.22. The first-order valence-electron chi connectivity index (χ1n) is 4.66. The van der Waals surface area contributed by atoms with Crippen molar-refractivity contribution in [3.8, 4) is 0 Å². The van der Waals surface area contributed by atoms with Gasteiger partial charge in [0.1, 0.15) is 5.84 Å². The molecule has 2 N–H and O–H groups in total. The highest BCUT2D eigenvalue weighted by molar-refractivity contribution is 6.05. The van der Waals surface area contributed by atoms with E-state index in [4.69, 9.17) is 0 Å². The molecule has 0 spiro atoms. The van der Waals surface area contributed by atoms with Gasteiger partial charge in [0.15, 0.2) is 0 Å². The molecule has 0 unspecified atom stereocenters. The third-order valence-corrected chi connectivity index (χ3v) is 1.22. The van der Waals surface area contributed by atoms with Crippen LogP contribution in [-0.4, -0.2) is 23.6 Å². The number of amidine groups is 1. The average Bonchev–Trinajstić information content (AvgIpc) is 1.97. The van der Waals surface area contributed by atoms with E-state index in [9.17, 15) is 9.59 Å². The van der Waals surface area contributed by atoms with Gasteiger partial charge in [-0.05, 0) is 13.8 Å². The molecule has 0 rings (SSSR count). The van der Waals surface area contributed by atoms with Crippen LogP contribution in [0.1, 0.15) is 27.7 Å². The number of nitrogens with zero attached hydrogens (tertiary/aromatic N) is 2. The summed E-state index contributed by atoms with van der Waals surface area (Å²) in [4.78, 5) is 29.5. The van der Waals surface area contributed by atoms with Crippen LogP contribution in [0.4, 0.5) is 0 Å². The van der Waals surface area contributed by atoms with Gasteiger partial charge in [0.2, 0.25) is 17.8 Å². The molecule has 6 nitrogen and oxygen atoms in total. The van der Waals surface area contributed by atoms with E-state index in [0.29, 0.717) is 11.5 Å². The number of hydrogen-bond acceptors (Lipinski definition) is 3. The fraction of sp³-hybridized carbons (Fsp3) is 0.400. The third kappa shape index (κ3) is 7.43. The quantitative estimate of drug-likeness (QED) is 0.504. The Morgan fingerprint density at radius 1 is 0.938 bits per heavy atom. The molecule has 2 amide bonds. The van der Waals surface area contributed by atoms with Crippen LogP contribution in [0.3, 0.4) is 0 Å². The first-order chi connectivity index (χ1) is 7.31. The van der Waals surface area contributed by atoms with Gasteiger partial charge in [-0.1, -0.05) is 6.58 Å². The summed E-state index contributed by atoms with van der Waals surface area (Å²) >= 11 is 0. The maximum Gasteiger partial charge on any atom is 0.231 e. The topological polar surface area (TPSA) is 82.9 Å². The summed E-state index contributed by atoms with van der Waals surface area (Å²) < 4.78 is 0. The highest BCUT2D eigenvalue weighted by atomic mass is 16.2. The molecule has 0 bridgehead atoms. The van der Waals surface area contributed by atoms with E-state index >= 15 is 0 Å². The van der Waals surface area contributed by atoms with Crippen LogP contribution in [0.5, 0.6) is 0 Å². The normalized spacial score (nSPS) is 12.0. The van der Waals surface area contributed by atoms with Crippen LogP contribution in [0.25, 0.3) is 0 Å². The summed E-state index contributed by atoms with van der Waals surface area (Å²) in [5.74, 6) is -0.0781. The summed E-state index contributed by atoms with van der Waals surface area (Å²) in [7, 11) is 0. The maximum absolute atomic E-state index is 10.9. The van der Waals surface area contributed by atoms with Gasteiger partial charge >= 0.3 is 0 Å². The van der Waals surface area contributed by atoms with Gasteiger partial charge in [-0.2, -0.15) is 4.99 Å². The van der Waals surface area contributed by atoms with Crippen LogP contribution in [-0.2, 0) is 9.59 Å². The van der Waals surface area contributed by atoms with E-state index in [2.05, 4.69) is 27.2 Å². The van der Waals surface area contributed by atoms with E-state index in [1.54, 1.807) is 13.8 Å². The predicted octanol–water partition coefficient (Wildman–Crippen LogP) is 0.567. The highest BCUT2D eigenvalue weighted by Gasteiger charge is 2.01. The van der Waals surface area contributed by atoms with Crippen molar-refractivity contribution in [2.45, 2.75) is 27.7 Å². The SMILES string of the molecule is C=C(C)N=C(N=C(C)NC(C)=O)NC(C)=O. The zero-order chi connectivity index (χ0) is 12.7. The van der Waals surface area contributed by atoms with Crippen molar-refractivity contribution in [1.29, 1.82) is 0 Å².